The van der Waals surface area contributed by atoms with Crippen LogP contribution in [0.2, 0.25) is 0 Å². The predicted octanol–water partition coefficient (Wildman–Crippen LogP) is 3.04. The summed E-state index contributed by atoms with van der Waals surface area (Å²) in [6, 6.07) is 11.5. The molecule has 1 amide bonds. The summed E-state index contributed by atoms with van der Waals surface area (Å²) in [6.45, 7) is 0. The Hall–Kier alpha value is -2.56. The van der Waals surface area contributed by atoms with E-state index in [9.17, 15) is 4.79 Å². The van der Waals surface area contributed by atoms with Gasteiger partial charge in [-0.05, 0) is 48.6 Å². The minimum absolute atomic E-state index is 0.0411. The maximum Gasteiger partial charge on any atom is 0.251 e. The first-order valence-corrected chi connectivity index (χ1v) is 8.16. The first kappa shape index (κ1) is 16.3. The summed E-state index contributed by atoms with van der Waals surface area (Å²) in [6.07, 6.45) is 3.97. The topological polar surface area (TPSA) is 54.5 Å². The standard InChI is InChI=1S/C19H23N3O2/c1-22(2)17-12-15(10-11-20-17)19(23)21-18(13-4-5-13)14-6-8-16(24-3)9-7-14/h6-13,18H,4-5H2,1-3H3,(H,21,23)/t18-/m0/s1. The fourth-order valence-corrected chi connectivity index (χ4v) is 2.74. The number of aromatic nitrogens is 1. The lowest BCUT2D eigenvalue weighted by atomic mass is 10.0. The maximum absolute atomic E-state index is 12.7. The van der Waals surface area contributed by atoms with Crippen LogP contribution < -0.4 is 15.0 Å². The average Bonchev–Trinajstić information content (AvgIpc) is 3.44. The fraction of sp³-hybridized carbons (Fsp3) is 0.368. The second-order valence-corrected chi connectivity index (χ2v) is 6.36. The van der Waals surface area contributed by atoms with Gasteiger partial charge < -0.3 is 15.0 Å². The van der Waals surface area contributed by atoms with E-state index >= 15 is 0 Å². The van der Waals surface area contributed by atoms with Crippen molar-refractivity contribution in [3.05, 3.63) is 53.7 Å². The van der Waals surface area contributed by atoms with E-state index in [1.54, 1.807) is 19.4 Å². The van der Waals surface area contributed by atoms with Gasteiger partial charge in [0.25, 0.3) is 5.91 Å². The molecule has 1 saturated carbocycles. The molecule has 3 rings (SSSR count). The smallest absolute Gasteiger partial charge is 0.251 e. The molecule has 0 radical (unpaired) electrons. The first-order chi connectivity index (χ1) is 11.6. The summed E-state index contributed by atoms with van der Waals surface area (Å²) in [5, 5.41) is 3.19. The third-order valence-corrected chi connectivity index (χ3v) is 4.32. The van der Waals surface area contributed by atoms with Crippen molar-refractivity contribution in [3.8, 4) is 5.75 Å². The van der Waals surface area contributed by atoms with Gasteiger partial charge in [-0.15, -0.1) is 0 Å². The molecule has 126 valence electrons. The summed E-state index contributed by atoms with van der Waals surface area (Å²) in [4.78, 5) is 18.8. The highest BCUT2D eigenvalue weighted by Gasteiger charge is 2.33. The number of carbonyl (C=O) groups excluding carboxylic acids is 1. The molecule has 1 atom stereocenters. The van der Waals surface area contributed by atoms with Crippen LogP contribution in [-0.4, -0.2) is 32.1 Å². The summed E-state index contributed by atoms with van der Waals surface area (Å²) >= 11 is 0. The van der Waals surface area contributed by atoms with Crippen LogP contribution in [0.3, 0.4) is 0 Å². The molecule has 0 spiro atoms. The molecule has 1 aromatic carbocycles. The van der Waals surface area contributed by atoms with Crippen molar-refractivity contribution in [2.75, 3.05) is 26.1 Å². The van der Waals surface area contributed by atoms with Crippen LogP contribution in [-0.2, 0) is 0 Å². The summed E-state index contributed by atoms with van der Waals surface area (Å²) in [7, 11) is 5.48. The third kappa shape index (κ3) is 3.67. The molecule has 2 aromatic rings. The number of hydrogen-bond donors (Lipinski definition) is 1. The molecule has 5 heteroatoms. The van der Waals surface area contributed by atoms with Crippen LogP contribution in [0.1, 0.15) is 34.8 Å². The van der Waals surface area contributed by atoms with E-state index in [1.807, 2.05) is 49.3 Å². The number of nitrogens with zero attached hydrogens (tertiary/aromatic N) is 2. The van der Waals surface area contributed by atoms with Gasteiger partial charge in [-0.3, -0.25) is 4.79 Å². The molecule has 1 aromatic heterocycles. The third-order valence-electron chi connectivity index (χ3n) is 4.32. The molecule has 24 heavy (non-hydrogen) atoms. The van der Waals surface area contributed by atoms with Gasteiger partial charge in [0.2, 0.25) is 0 Å². The number of benzene rings is 1. The highest BCUT2D eigenvalue weighted by molar-refractivity contribution is 5.95. The number of nitrogens with one attached hydrogen (secondary N) is 1. The van der Waals surface area contributed by atoms with Gasteiger partial charge in [0.05, 0.1) is 13.2 Å². The van der Waals surface area contributed by atoms with Crippen molar-refractivity contribution in [1.29, 1.82) is 0 Å². The van der Waals surface area contributed by atoms with Gasteiger partial charge in [-0.1, -0.05) is 12.1 Å². The van der Waals surface area contributed by atoms with Crippen LogP contribution in [0.4, 0.5) is 5.82 Å². The Labute approximate surface area is 142 Å². The number of rotatable bonds is 6. The highest BCUT2D eigenvalue weighted by atomic mass is 16.5. The number of amides is 1. The highest BCUT2D eigenvalue weighted by Crippen LogP contribution is 2.41. The Morgan fingerprint density at radius 1 is 1.25 bits per heavy atom. The molecule has 0 unspecified atom stereocenters. The van der Waals surface area contributed by atoms with E-state index in [1.165, 1.54) is 0 Å². The van der Waals surface area contributed by atoms with E-state index in [4.69, 9.17) is 4.74 Å². The summed E-state index contributed by atoms with van der Waals surface area (Å²) < 4.78 is 5.21. The van der Waals surface area contributed by atoms with Gasteiger partial charge in [0, 0.05) is 25.9 Å². The Balaban J connectivity index is 1.78. The Kier molecular flexibility index (Phi) is 4.69. The number of ether oxygens (including phenoxy) is 1. The number of methoxy groups -OCH3 is 1. The van der Waals surface area contributed by atoms with E-state index in [2.05, 4.69) is 10.3 Å². The second-order valence-electron chi connectivity index (χ2n) is 6.36. The molecule has 1 fully saturated rings. The lowest BCUT2D eigenvalue weighted by Gasteiger charge is -2.20. The van der Waals surface area contributed by atoms with Gasteiger partial charge in [0.1, 0.15) is 11.6 Å². The quantitative estimate of drug-likeness (QED) is 0.887. The molecule has 0 saturated heterocycles. The maximum atomic E-state index is 12.7. The van der Waals surface area contributed by atoms with Crippen molar-refractivity contribution < 1.29 is 9.53 Å². The van der Waals surface area contributed by atoms with Crippen LogP contribution in [0.25, 0.3) is 0 Å². The van der Waals surface area contributed by atoms with E-state index < -0.39 is 0 Å². The van der Waals surface area contributed by atoms with E-state index in [0.717, 1.165) is 30.0 Å². The Morgan fingerprint density at radius 3 is 2.54 bits per heavy atom. The molecular weight excluding hydrogens is 302 g/mol. The lowest BCUT2D eigenvalue weighted by molar-refractivity contribution is 0.0931. The van der Waals surface area contributed by atoms with Crippen LogP contribution >= 0.6 is 0 Å². The van der Waals surface area contributed by atoms with Crippen LogP contribution in [0.15, 0.2) is 42.6 Å². The summed E-state index contributed by atoms with van der Waals surface area (Å²) in [5.74, 6) is 2.05. The normalized spacial score (nSPS) is 14.8. The van der Waals surface area contributed by atoms with Gasteiger partial charge in [0.15, 0.2) is 0 Å². The first-order valence-electron chi connectivity index (χ1n) is 8.16. The minimum atomic E-state index is -0.0618. The Morgan fingerprint density at radius 2 is 1.96 bits per heavy atom. The number of pyridine rings is 1. The van der Waals surface area contributed by atoms with Crippen molar-refractivity contribution >= 4 is 11.7 Å². The molecule has 1 aliphatic carbocycles. The molecule has 5 nitrogen and oxygen atoms in total. The van der Waals surface area contributed by atoms with Crippen molar-refractivity contribution in [1.82, 2.24) is 10.3 Å². The molecule has 1 aliphatic rings. The number of carbonyl (C=O) groups is 1. The van der Waals surface area contributed by atoms with E-state index in [0.29, 0.717) is 11.5 Å². The van der Waals surface area contributed by atoms with Crippen molar-refractivity contribution in [2.24, 2.45) is 5.92 Å². The monoisotopic (exact) mass is 325 g/mol. The molecule has 0 bridgehead atoms. The second kappa shape index (κ2) is 6.91. The zero-order chi connectivity index (χ0) is 17.1. The fourth-order valence-electron chi connectivity index (χ4n) is 2.74. The molecular formula is C19H23N3O2. The van der Waals surface area contributed by atoms with Gasteiger partial charge >= 0.3 is 0 Å². The van der Waals surface area contributed by atoms with Gasteiger partial charge in [-0.25, -0.2) is 4.98 Å². The average molecular weight is 325 g/mol. The lowest BCUT2D eigenvalue weighted by Crippen LogP contribution is -2.30. The van der Waals surface area contributed by atoms with E-state index in [-0.39, 0.29) is 11.9 Å². The molecule has 0 aliphatic heterocycles. The van der Waals surface area contributed by atoms with Crippen LogP contribution in [0.5, 0.6) is 5.75 Å². The minimum Gasteiger partial charge on any atom is -0.497 e. The zero-order valence-electron chi connectivity index (χ0n) is 14.3. The van der Waals surface area contributed by atoms with Crippen molar-refractivity contribution in [3.63, 3.8) is 0 Å². The summed E-state index contributed by atoms with van der Waals surface area (Å²) in [5.41, 5.74) is 1.75. The SMILES string of the molecule is COc1ccc([C@@H](NC(=O)c2ccnc(N(C)C)c2)C2CC2)cc1. The largest absolute Gasteiger partial charge is 0.497 e. The number of hydrogen-bond acceptors (Lipinski definition) is 4. The predicted molar refractivity (Wildman–Crippen MR) is 94.5 cm³/mol. The Bertz CT molecular complexity index is 709. The molecule has 1 heterocycles. The number of anilines is 1. The zero-order valence-corrected chi connectivity index (χ0v) is 14.3. The van der Waals surface area contributed by atoms with Crippen LogP contribution in [0, 0.1) is 5.92 Å². The molecule has 1 N–H and O–H groups in total. The van der Waals surface area contributed by atoms with Crippen molar-refractivity contribution in [2.45, 2.75) is 18.9 Å². The van der Waals surface area contributed by atoms with Gasteiger partial charge in [-0.2, -0.15) is 0 Å².